The molecule has 348 valence electrons. The first-order valence-electron chi connectivity index (χ1n) is 23.0. The van der Waals surface area contributed by atoms with Crippen molar-refractivity contribution in [3.05, 3.63) is 60.8 Å². The highest BCUT2D eigenvalue weighted by Crippen LogP contribution is 2.26. The van der Waals surface area contributed by atoms with Crippen molar-refractivity contribution in [2.75, 3.05) is 26.4 Å². The topological polar surface area (TPSA) is 178 Å². The van der Waals surface area contributed by atoms with Crippen LogP contribution in [0.3, 0.4) is 0 Å². The van der Waals surface area contributed by atoms with E-state index in [1.807, 2.05) is 0 Å². The van der Waals surface area contributed by atoms with Crippen LogP contribution in [0.2, 0.25) is 0 Å². The Morgan fingerprint density at radius 1 is 0.650 bits per heavy atom. The smallest absolute Gasteiger partial charge is 0.397 e. The Morgan fingerprint density at radius 2 is 1.15 bits per heavy atom. The molecular weight excluding hydrogens is 789 g/mol. The molecule has 13 heteroatoms. The molecule has 12 nitrogen and oxygen atoms in total. The van der Waals surface area contributed by atoms with Crippen molar-refractivity contribution in [1.82, 2.24) is 0 Å². The molecule has 1 aliphatic heterocycles. The number of aliphatic hydroxyl groups excluding tert-OH is 3. The van der Waals surface area contributed by atoms with Crippen LogP contribution in [0.5, 0.6) is 0 Å². The van der Waals surface area contributed by atoms with E-state index in [-0.39, 0.29) is 19.6 Å². The molecule has 1 fully saturated rings. The van der Waals surface area contributed by atoms with Crippen molar-refractivity contribution in [2.24, 2.45) is 0 Å². The van der Waals surface area contributed by atoms with Gasteiger partial charge in [0, 0.05) is 13.0 Å². The zero-order valence-corrected chi connectivity index (χ0v) is 37.8. The summed E-state index contributed by atoms with van der Waals surface area (Å²) in [6, 6.07) is 0. The molecule has 1 saturated heterocycles. The van der Waals surface area contributed by atoms with Crippen LogP contribution in [0.15, 0.2) is 60.8 Å². The summed E-state index contributed by atoms with van der Waals surface area (Å²) in [4.78, 5) is 12.8. The minimum atomic E-state index is -5.07. The summed E-state index contributed by atoms with van der Waals surface area (Å²) in [5.41, 5.74) is 0. The van der Waals surface area contributed by atoms with Gasteiger partial charge in [0.1, 0.15) is 30.5 Å². The van der Waals surface area contributed by atoms with Crippen LogP contribution in [0.1, 0.15) is 168 Å². The minimum Gasteiger partial charge on any atom is -0.457 e. The number of aliphatic hydroxyl groups is 3. The predicted octanol–water partition coefficient (Wildman–Crippen LogP) is 9.74. The van der Waals surface area contributed by atoms with E-state index in [0.717, 1.165) is 83.5 Å². The third-order valence-corrected chi connectivity index (χ3v) is 10.6. The standard InChI is InChI=1S/C47H82O12S/c1-3-5-7-9-11-13-15-17-19-20-21-23-25-27-29-31-33-35-37-55-39-41(40-56-47-45(51)46(59-60(52,53)54)44(50)42(38-48)58-47)57-43(49)36-34-32-30-28-26-24-22-18-16-14-12-10-8-6-4-2/h6,8,11-14,17-19,22,41-42,44-48,50-51H,3-5,7,9-10,15-16,20-21,23-40H2,1-2H3,(H,52,53,54)/b8-6-,13-11-,14-12-,19-17-,22-18-. The van der Waals surface area contributed by atoms with Crippen molar-refractivity contribution < 1.29 is 56.2 Å². The highest BCUT2D eigenvalue weighted by atomic mass is 32.3. The lowest BCUT2D eigenvalue weighted by molar-refractivity contribution is -0.301. The molecule has 0 spiro atoms. The highest BCUT2D eigenvalue weighted by Gasteiger charge is 2.48. The molecule has 0 saturated carbocycles. The maximum Gasteiger partial charge on any atom is 0.397 e. The van der Waals surface area contributed by atoms with Crippen LogP contribution in [0.25, 0.3) is 0 Å². The van der Waals surface area contributed by atoms with Crippen LogP contribution in [-0.4, -0.2) is 97.5 Å². The number of hydrogen-bond donors (Lipinski definition) is 4. The van der Waals surface area contributed by atoms with Crippen LogP contribution >= 0.6 is 0 Å². The average molecular weight is 871 g/mol. The van der Waals surface area contributed by atoms with Crippen molar-refractivity contribution in [1.29, 1.82) is 0 Å². The molecule has 4 N–H and O–H groups in total. The van der Waals surface area contributed by atoms with Crippen molar-refractivity contribution in [2.45, 2.75) is 205 Å². The number of ether oxygens (including phenoxy) is 4. The maximum absolute atomic E-state index is 12.8. The van der Waals surface area contributed by atoms with E-state index in [0.29, 0.717) is 13.0 Å². The Kier molecular flexibility index (Phi) is 35.8. The van der Waals surface area contributed by atoms with Gasteiger partial charge in [-0.25, -0.2) is 4.18 Å². The third kappa shape index (κ3) is 31.6. The number of allylic oxidation sites excluding steroid dienone is 10. The fraction of sp³-hybridized carbons (Fsp3) is 0.766. The second-order valence-electron chi connectivity index (χ2n) is 15.6. The van der Waals surface area contributed by atoms with Gasteiger partial charge in [0.2, 0.25) is 0 Å². The molecule has 6 atom stereocenters. The van der Waals surface area contributed by atoms with E-state index in [2.05, 4.69) is 78.8 Å². The number of unbranched alkanes of at least 4 members (excludes halogenated alkanes) is 16. The zero-order chi connectivity index (χ0) is 43.9. The van der Waals surface area contributed by atoms with Gasteiger partial charge in [-0.05, 0) is 77.0 Å². The summed E-state index contributed by atoms with van der Waals surface area (Å²) in [7, 11) is -5.07. The molecule has 1 aliphatic rings. The first-order valence-corrected chi connectivity index (χ1v) is 24.4. The first kappa shape index (κ1) is 55.8. The number of rotatable bonds is 39. The van der Waals surface area contributed by atoms with Gasteiger partial charge in [-0.15, -0.1) is 0 Å². The molecule has 0 aromatic heterocycles. The normalized spacial score (nSPS) is 20.8. The van der Waals surface area contributed by atoms with Crippen molar-refractivity contribution in [3.63, 3.8) is 0 Å². The van der Waals surface area contributed by atoms with E-state index in [1.54, 1.807) is 0 Å². The summed E-state index contributed by atoms with van der Waals surface area (Å²) in [5, 5.41) is 30.7. The van der Waals surface area contributed by atoms with Gasteiger partial charge in [0.25, 0.3) is 0 Å². The SMILES string of the molecule is CC/C=C\C/C=C\C/C=C\CCCCCCCC(=O)OC(COCCCCCCCCCC/C=C\C/C=C\CCCCC)COC1OC(CO)C(O)C(OS(=O)(=O)O)C1O. The Labute approximate surface area is 363 Å². The van der Waals surface area contributed by atoms with Crippen molar-refractivity contribution >= 4 is 16.4 Å². The van der Waals surface area contributed by atoms with E-state index < -0.39 is 59.8 Å². The molecule has 0 radical (unpaired) electrons. The summed E-state index contributed by atoms with van der Waals surface area (Å²) >= 11 is 0. The molecule has 0 aromatic carbocycles. The second-order valence-corrected chi connectivity index (χ2v) is 16.7. The number of hydrogen-bond acceptors (Lipinski definition) is 11. The lowest BCUT2D eigenvalue weighted by atomic mass is 9.99. The Bertz CT molecular complexity index is 1280. The van der Waals surface area contributed by atoms with Gasteiger partial charge < -0.3 is 34.3 Å². The summed E-state index contributed by atoms with van der Waals surface area (Å²) in [6.07, 6.45) is 38.2. The predicted molar refractivity (Wildman–Crippen MR) is 239 cm³/mol. The minimum absolute atomic E-state index is 0.0223. The molecule has 0 aliphatic carbocycles. The molecule has 0 amide bonds. The van der Waals surface area contributed by atoms with Crippen LogP contribution < -0.4 is 0 Å². The molecule has 60 heavy (non-hydrogen) atoms. The number of esters is 1. The number of carbonyl (C=O) groups excluding carboxylic acids is 1. The fourth-order valence-electron chi connectivity index (χ4n) is 6.66. The third-order valence-electron chi connectivity index (χ3n) is 10.1. The molecule has 1 heterocycles. The maximum atomic E-state index is 12.8. The zero-order valence-electron chi connectivity index (χ0n) is 37.0. The van der Waals surface area contributed by atoms with Gasteiger partial charge in [-0.3, -0.25) is 9.35 Å². The van der Waals surface area contributed by atoms with Gasteiger partial charge in [-0.2, -0.15) is 8.42 Å². The Hall–Kier alpha value is -2.20. The molecule has 6 unspecified atom stereocenters. The highest BCUT2D eigenvalue weighted by molar-refractivity contribution is 7.80. The van der Waals surface area contributed by atoms with Crippen molar-refractivity contribution in [3.8, 4) is 0 Å². The summed E-state index contributed by atoms with van der Waals surface area (Å²) in [5.74, 6) is -0.420. The molecular formula is C47H82O12S. The number of carbonyl (C=O) groups is 1. The Morgan fingerprint density at radius 3 is 1.68 bits per heavy atom. The average Bonchev–Trinajstić information content (AvgIpc) is 3.22. The lowest BCUT2D eigenvalue weighted by Crippen LogP contribution is -2.60. The Balaban J connectivity index is 2.43. The lowest BCUT2D eigenvalue weighted by Gasteiger charge is -2.41. The van der Waals surface area contributed by atoms with E-state index in [4.69, 9.17) is 23.5 Å². The van der Waals surface area contributed by atoms with Crippen LogP contribution in [0, 0.1) is 0 Å². The van der Waals surface area contributed by atoms with E-state index in [9.17, 15) is 28.5 Å². The van der Waals surface area contributed by atoms with E-state index >= 15 is 0 Å². The van der Waals surface area contributed by atoms with Crippen LogP contribution in [0.4, 0.5) is 0 Å². The molecule has 0 bridgehead atoms. The second kappa shape index (κ2) is 38.5. The monoisotopic (exact) mass is 871 g/mol. The summed E-state index contributed by atoms with van der Waals surface area (Å²) in [6.45, 7) is 3.81. The largest absolute Gasteiger partial charge is 0.457 e. The van der Waals surface area contributed by atoms with Gasteiger partial charge >= 0.3 is 16.4 Å². The quantitative estimate of drug-likeness (QED) is 0.0199. The molecule has 0 aromatic rings. The van der Waals surface area contributed by atoms with Crippen LogP contribution in [-0.2, 0) is 38.3 Å². The van der Waals surface area contributed by atoms with Gasteiger partial charge in [0.05, 0.1) is 19.8 Å². The van der Waals surface area contributed by atoms with Gasteiger partial charge in [0.15, 0.2) is 6.29 Å². The fourth-order valence-corrected chi connectivity index (χ4v) is 7.17. The molecule has 1 rings (SSSR count). The summed E-state index contributed by atoms with van der Waals surface area (Å²) < 4.78 is 59.1. The van der Waals surface area contributed by atoms with E-state index in [1.165, 1.54) is 57.8 Å². The van der Waals surface area contributed by atoms with Gasteiger partial charge in [-0.1, -0.05) is 145 Å². The first-order chi connectivity index (χ1) is 29.1.